The van der Waals surface area contributed by atoms with Crippen LogP contribution in [-0.2, 0) is 0 Å². The van der Waals surface area contributed by atoms with Crippen molar-refractivity contribution in [1.82, 2.24) is 5.32 Å². The van der Waals surface area contributed by atoms with Crippen LogP contribution in [0.1, 0.15) is 47.0 Å². The first-order valence-corrected chi connectivity index (χ1v) is 5.25. The van der Waals surface area contributed by atoms with E-state index >= 15 is 0 Å². The van der Waals surface area contributed by atoms with Gasteiger partial charge >= 0.3 is 0 Å². The Kier molecular flexibility index (Phi) is 5.31. The van der Waals surface area contributed by atoms with E-state index in [0.29, 0.717) is 11.5 Å². The first-order valence-electron chi connectivity index (χ1n) is 5.25. The monoisotopic (exact) mass is 183 g/mol. The molecule has 0 saturated carbocycles. The Balaban J connectivity index is 4.09. The maximum absolute atomic E-state index is 3.94. The van der Waals surface area contributed by atoms with Crippen LogP contribution in [0.2, 0.25) is 0 Å². The fourth-order valence-corrected chi connectivity index (χ4v) is 1.56. The molecule has 0 bridgehead atoms. The highest BCUT2D eigenvalue weighted by Gasteiger charge is 2.25. The molecule has 0 aromatic carbocycles. The second-order valence-electron chi connectivity index (χ2n) is 4.68. The first-order chi connectivity index (χ1) is 5.94. The van der Waals surface area contributed by atoms with Crippen molar-refractivity contribution in [2.24, 2.45) is 5.41 Å². The number of hydrogen-bond donors (Lipinski definition) is 1. The molecule has 1 heteroatoms. The van der Waals surface area contributed by atoms with Gasteiger partial charge in [0.2, 0.25) is 0 Å². The molecule has 0 rings (SSSR count). The van der Waals surface area contributed by atoms with Crippen molar-refractivity contribution in [3.8, 4) is 0 Å². The molecule has 0 heterocycles. The second kappa shape index (κ2) is 5.43. The summed E-state index contributed by atoms with van der Waals surface area (Å²) in [4.78, 5) is 0. The number of hydrogen-bond acceptors (Lipinski definition) is 1. The largest absolute Gasteiger partial charge is 0.316 e. The summed E-state index contributed by atoms with van der Waals surface area (Å²) in [5, 5.41) is 3.41. The predicted molar refractivity (Wildman–Crippen MR) is 61.0 cm³/mol. The lowest BCUT2D eigenvalue weighted by atomic mass is 9.79. The smallest absolute Gasteiger partial charge is 0.0118 e. The quantitative estimate of drug-likeness (QED) is 0.623. The topological polar surface area (TPSA) is 12.0 Å². The van der Waals surface area contributed by atoms with Gasteiger partial charge in [0.15, 0.2) is 0 Å². The van der Waals surface area contributed by atoms with Crippen LogP contribution in [0.25, 0.3) is 0 Å². The van der Waals surface area contributed by atoms with E-state index < -0.39 is 0 Å². The van der Waals surface area contributed by atoms with Crippen molar-refractivity contribution in [2.75, 3.05) is 7.05 Å². The summed E-state index contributed by atoms with van der Waals surface area (Å²) >= 11 is 0. The highest BCUT2D eigenvalue weighted by Crippen LogP contribution is 2.28. The number of nitrogens with one attached hydrogen (secondary N) is 1. The highest BCUT2D eigenvalue weighted by atomic mass is 14.9. The summed E-state index contributed by atoms with van der Waals surface area (Å²) in [6, 6.07) is 0.606. The van der Waals surface area contributed by atoms with Gasteiger partial charge in [-0.3, -0.25) is 0 Å². The zero-order valence-electron chi connectivity index (χ0n) is 9.91. The first kappa shape index (κ1) is 12.7. The fourth-order valence-electron chi connectivity index (χ4n) is 1.56. The Hall–Kier alpha value is -0.300. The lowest BCUT2D eigenvalue weighted by Crippen LogP contribution is -2.39. The Labute approximate surface area is 83.6 Å². The van der Waals surface area contributed by atoms with Gasteiger partial charge in [-0.15, -0.1) is 6.58 Å². The molecule has 0 spiro atoms. The van der Waals surface area contributed by atoms with E-state index in [0.717, 1.165) is 6.42 Å². The van der Waals surface area contributed by atoms with Gasteiger partial charge in [-0.1, -0.05) is 26.3 Å². The molecular weight excluding hydrogens is 158 g/mol. The van der Waals surface area contributed by atoms with Gasteiger partial charge in [-0.05, 0) is 38.6 Å². The van der Waals surface area contributed by atoms with Crippen LogP contribution in [-0.4, -0.2) is 13.1 Å². The highest BCUT2D eigenvalue weighted by molar-refractivity contribution is 4.92. The Morgan fingerprint density at radius 1 is 1.46 bits per heavy atom. The van der Waals surface area contributed by atoms with Crippen molar-refractivity contribution in [3.05, 3.63) is 12.2 Å². The molecule has 0 saturated heterocycles. The minimum absolute atomic E-state index is 0.393. The van der Waals surface area contributed by atoms with E-state index in [-0.39, 0.29) is 0 Å². The van der Waals surface area contributed by atoms with Crippen LogP contribution < -0.4 is 5.32 Å². The van der Waals surface area contributed by atoms with Crippen molar-refractivity contribution < 1.29 is 0 Å². The Morgan fingerprint density at radius 2 is 2.00 bits per heavy atom. The van der Waals surface area contributed by atoms with Crippen LogP contribution in [0.15, 0.2) is 12.2 Å². The molecule has 1 N–H and O–H groups in total. The maximum atomic E-state index is 3.94. The van der Waals surface area contributed by atoms with E-state index in [1.165, 1.54) is 18.4 Å². The Bertz CT molecular complexity index is 159. The lowest BCUT2D eigenvalue weighted by molar-refractivity contribution is 0.230. The summed E-state index contributed by atoms with van der Waals surface area (Å²) in [5.41, 5.74) is 1.68. The molecule has 0 fully saturated rings. The molecule has 1 nitrogen and oxygen atoms in total. The lowest BCUT2D eigenvalue weighted by Gasteiger charge is -2.33. The van der Waals surface area contributed by atoms with Crippen LogP contribution in [0.4, 0.5) is 0 Å². The molecule has 1 atom stereocenters. The summed E-state index contributed by atoms with van der Waals surface area (Å²) < 4.78 is 0. The standard InChI is InChI=1S/C12H25N/c1-7-12(4,5)11(13-6)9-8-10(2)3/h11,13H,2,7-9H2,1,3-6H3. The summed E-state index contributed by atoms with van der Waals surface area (Å²) in [7, 11) is 2.06. The molecule has 0 amide bonds. The van der Waals surface area contributed by atoms with E-state index in [9.17, 15) is 0 Å². The Morgan fingerprint density at radius 3 is 2.31 bits per heavy atom. The fraction of sp³-hybridized carbons (Fsp3) is 0.833. The average molecular weight is 183 g/mol. The van der Waals surface area contributed by atoms with Gasteiger partial charge in [-0.25, -0.2) is 0 Å². The van der Waals surface area contributed by atoms with Crippen LogP contribution in [0.5, 0.6) is 0 Å². The van der Waals surface area contributed by atoms with Crippen molar-refractivity contribution in [1.29, 1.82) is 0 Å². The third kappa shape index (κ3) is 4.47. The van der Waals surface area contributed by atoms with Gasteiger partial charge in [-0.2, -0.15) is 0 Å². The molecule has 78 valence electrons. The molecule has 0 aromatic heterocycles. The van der Waals surface area contributed by atoms with Gasteiger partial charge in [0.25, 0.3) is 0 Å². The minimum atomic E-state index is 0.393. The summed E-state index contributed by atoms with van der Waals surface area (Å²) in [5.74, 6) is 0. The number of rotatable bonds is 6. The van der Waals surface area contributed by atoms with Crippen LogP contribution in [0.3, 0.4) is 0 Å². The SMILES string of the molecule is C=C(C)CCC(NC)C(C)(C)CC. The van der Waals surface area contributed by atoms with Gasteiger partial charge in [0, 0.05) is 6.04 Å². The third-order valence-electron chi connectivity index (χ3n) is 3.06. The molecule has 0 aliphatic rings. The van der Waals surface area contributed by atoms with Crippen molar-refractivity contribution in [3.63, 3.8) is 0 Å². The van der Waals surface area contributed by atoms with Crippen LogP contribution >= 0.6 is 0 Å². The molecule has 0 aliphatic heterocycles. The predicted octanol–water partition coefficient (Wildman–Crippen LogP) is 3.37. The van der Waals surface area contributed by atoms with E-state index in [2.05, 4.69) is 46.6 Å². The molecule has 13 heavy (non-hydrogen) atoms. The minimum Gasteiger partial charge on any atom is -0.316 e. The van der Waals surface area contributed by atoms with E-state index in [4.69, 9.17) is 0 Å². The van der Waals surface area contributed by atoms with Crippen molar-refractivity contribution in [2.45, 2.75) is 53.0 Å². The zero-order chi connectivity index (χ0) is 10.5. The normalized spacial score (nSPS) is 14.2. The van der Waals surface area contributed by atoms with Gasteiger partial charge in [0.1, 0.15) is 0 Å². The third-order valence-corrected chi connectivity index (χ3v) is 3.06. The van der Waals surface area contributed by atoms with Gasteiger partial charge < -0.3 is 5.32 Å². The van der Waals surface area contributed by atoms with E-state index in [1.54, 1.807) is 0 Å². The molecule has 0 aliphatic carbocycles. The van der Waals surface area contributed by atoms with E-state index in [1.807, 2.05) is 0 Å². The summed E-state index contributed by atoms with van der Waals surface area (Å²) in [6.07, 6.45) is 3.55. The zero-order valence-corrected chi connectivity index (χ0v) is 9.91. The molecule has 0 radical (unpaired) electrons. The second-order valence-corrected chi connectivity index (χ2v) is 4.68. The maximum Gasteiger partial charge on any atom is 0.0118 e. The molecular formula is C12H25N. The molecule has 1 unspecified atom stereocenters. The summed E-state index contributed by atoms with van der Waals surface area (Å²) in [6.45, 7) is 13.0. The van der Waals surface area contributed by atoms with Gasteiger partial charge in [0.05, 0.1) is 0 Å². The average Bonchev–Trinajstić information content (AvgIpc) is 2.04. The van der Waals surface area contributed by atoms with Crippen molar-refractivity contribution >= 4 is 0 Å². The van der Waals surface area contributed by atoms with Crippen LogP contribution in [0, 0.1) is 5.41 Å². The number of allylic oxidation sites excluding steroid dienone is 1. The molecule has 0 aromatic rings.